The monoisotopic (exact) mass is 352 g/mol. The predicted octanol–water partition coefficient (Wildman–Crippen LogP) is 1.74. The molecular formula is C20H22N3O3-. The molecule has 26 heavy (non-hydrogen) atoms. The molecule has 0 aromatic heterocycles. The van der Waals surface area contributed by atoms with Gasteiger partial charge in [0.15, 0.2) is 0 Å². The summed E-state index contributed by atoms with van der Waals surface area (Å²) in [5.74, 6) is -0.155. The van der Waals surface area contributed by atoms with Crippen LogP contribution in [0.5, 0.6) is 0 Å². The summed E-state index contributed by atoms with van der Waals surface area (Å²) in [5, 5.41) is 11.2. The van der Waals surface area contributed by atoms with Crippen molar-refractivity contribution in [2.75, 3.05) is 43.0 Å². The lowest BCUT2D eigenvalue weighted by atomic mass is 10.1. The van der Waals surface area contributed by atoms with Gasteiger partial charge in [0.1, 0.15) is 6.09 Å². The van der Waals surface area contributed by atoms with Crippen LogP contribution in [0.1, 0.15) is 15.9 Å². The molecule has 1 aliphatic heterocycles. The highest BCUT2D eigenvalue weighted by Gasteiger charge is 2.24. The second-order valence-electron chi connectivity index (χ2n) is 6.46. The maximum absolute atomic E-state index is 12.9. The first-order chi connectivity index (χ1) is 12.5. The molecular weight excluding hydrogens is 330 g/mol. The molecule has 0 saturated carbocycles. The van der Waals surface area contributed by atoms with Crippen LogP contribution in [-0.2, 0) is 0 Å². The predicted molar refractivity (Wildman–Crippen MR) is 99.5 cm³/mol. The van der Waals surface area contributed by atoms with Crippen molar-refractivity contribution in [3.8, 4) is 0 Å². The van der Waals surface area contributed by atoms with Gasteiger partial charge in [-0.1, -0.05) is 29.8 Å². The van der Waals surface area contributed by atoms with Crippen molar-refractivity contribution in [3.05, 3.63) is 59.7 Å². The number of carbonyl (C=O) groups is 2. The van der Waals surface area contributed by atoms with Gasteiger partial charge in [-0.05, 0) is 31.2 Å². The van der Waals surface area contributed by atoms with Crippen LogP contribution in [0.25, 0.3) is 0 Å². The quantitative estimate of drug-likeness (QED) is 0.844. The molecule has 1 heterocycles. The van der Waals surface area contributed by atoms with Crippen molar-refractivity contribution in [1.29, 1.82) is 0 Å². The summed E-state index contributed by atoms with van der Waals surface area (Å²) in [6, 6.07) is 15.1. The first kappa shape index (κ1) is 17.8. The number of rotatable bonds is 3. The van der Waals surface area contributed by atoms with Crippen LogP contribution in [0.15, 0.2) is 48.5 Å². The van der Waals surface area contributed by atoms with Crippen molar-refractivity contribution in [1.82, 2.24) is 4.90 Å². The van der Waals surface area contributed by atoms with Crippen molar-refractivity contribution >= 4 is 23.4 Å². The number of anilines is 2. The Labute approximate surface area is 153 Å². The van der Waals surface area contributed by atoms with Crippen LogP contribution in [0, 0.1) is 6.92 Å². The van der Waals surface area contributed by atoms with Crippen molar-refractivity contribution in [2.24, 2.45) is 0 Å². The summed E-state index contributed by atoms with van der Waals surface area (Å²) in [5.41, 5.74) is 3.09. The van der Waals surface area contributed by atoms with Crippen molar-refractivity contribution in [2.45, 2.75) is 6.92 Å². The lowest BCUT2D eigenvalue weighted by Gasteiger charge is -2.36. The van der Waals surface area contributed by atoms with E-state index in [1.54, 1.807) is 29.2 Å². The van der Waals surface area contributed by atoms with E-state index in [0.29, 0.717) is 24.3 Å². The number of piperazine rings is 1. The van der Waals surface area contributed by atoms with Gasteiger partial charge in [-0.15, -0.1) is 0 Å². The molecule has 2 aromatic carbocycles. The third-order valence-corrected chi connectivity index (χ3v) is 4.74. The normalized spacial score (nSPS) is 14.2. The zero-order valence-corrected chi connectivity index (χ0v) is 15.0. The Kier molecular flexibility index (Phi) is 5.11. The molecule has 1 fully saturated rings. The molecule has 6 nitrogen and oxygen atoms in total. The van der Waals surface area contributed by atoms with E-state index in [2.05, 4.69) is 36.1 Å². The summed E-state index contributed by atoms with van der Waals surface area (Å²) < 4.78 is 0. The number of nitrogens with zero attached hydrogens (tertiary/aromatic N) is 3. The van der Waals surface area contributed by atoms with E-state index in [1.165, 1.54) is 12.6 Å². The second-order valence-corrected chi connectivity index (χ2v) is 6.46. The van der Waals surface area contributed by atoms with Gasteiger partial charge in [0.2, 0.25) is 0 Å². The van der Waals surface area contributed by atoms with Crippen LogP contribution in [0.3, 0.4) is 0 Å². The van der Waals surface area contributed by atoms with Gasteiger partial charge in [0, 0.05) is 38.9 Å². The Morgan fingerprint density at radius 3 is 2.19 bits per heavy atom. The summed E-state index contributed by atoms with van der Waals surface area (Å²) in [6.07, 6.45) is -1.34. The number of aryl methyl sites for hydroxylation is 1. The first-order valence-electron chi connectivity index (χ1n) is 8.62. The Balaban J connectivity index is 1.71. The highest BCUT2D eigenvalue weighted by molar-refractivity contribution is 6.02. The van der Waals surface area contributed by atoms with E-state index >= 15 is 0 Å². The maximum atomic E-state index is 12.9. The average molecular weight is 352 g/mol. The molecule has 0 radical (unpaired) electrons. The fourth-order valence-corrected chi connectivity index (χ4v) is 3.14. The number of carboxylic acid groups (broad SMARTS) is 1. The van der Waals surface area contributed by atoms with Gasteiger partial charge < -0.3 is 24.6 Å². The zero-order chi connectivity index (χ0) is 18.7. The molecule has 0 aliphatic carbocycles. The number of hydrogen-bond acceptors (Lipinski definition) is 4. The smallest absolute Gasteiger partial charge is 0.256 e. The Hall–Kier alpha value is -3.02. The number of hydrogen-bond donors (Lipinski definition) is 0. The van der Waals surface area contributed by atoms with Gasteiger partial charge >= 0.3 is 0 Å². The van der Waals surface area contributed by atoms with E-state index < -0.39 is 6.09 Å². The summed E-state index contributed by atoms with van der Waals surface area (Å²) >= 11 is 0. The van der Waals surface area contributed by atoms with Crippen LogP contribution in [0.2, 0.25) is 0 Å². The molecule has 6 heteroatoms. The molecule has 0 N–H and O–H groups in total. The van der Waals surface area contributed by atoms with Gasteiger partial charge in [0.25, 0.3) is 5.91 Å². The Morgan fingerprint density at radius 2 is 1.58 bits per heavy atom. The van der Waals surface area contributed by atoms with Crippen molar-refractivity contribution < 1.29 is 14.7 Å². The summed E-state index contributed by atoms with van der Waals surface area (Å²) in [6.45, 7) is 4.73. The first-order valence-corrected chi connectivity index (χ1v) is 8.62. The fraction of sp³-hybridized carbons (Fsp3) is 0.300. The van der Waals surface area contributed by atoms with E-state index in [-0.39, 0.29) is 5.91 Å². The molecule has 1 aliphatic rings. The Bertz CT molecular complexity index is 796. The van der Waals surface area contributed by atoms with Gasteiger partial charge in [-0.3, -0.25) is 4.79 Å². The molecule has 136 valence electrons. The molecule has 0 bridgehead atoms. The number of carbonyl (C=O) groups excluding carboxylic acids is 2. The van der Waals surface area contributed by atoms with E-state index in [0.717, 1.165) is 23.7 Å². The standard InChI is InChI=1S/C20H23N3O3/c1-15-7-9-16(10-8-15)22-11-13-23(14-12-22)19(24)17-5-3-4-6-18(17)21(2)20(25)26/h3-10H,11-14H2,1-2H3,(H,25,26)/p-1. The average Bonchev–Trinajstić information content (AvgIpc) is 2.67. The summed E-state index contributed by atoms with van der Waals surface area (Å²) in [4.78, 5) is 29.1. The van der Waals surface area contributed by atoms with E-state index in [4.69, 9.17) is 0 Å². The third-order valence-electron chi connectivity index (χ3n) is 4.74. The molecule has 1 saturated heterocycles. The number of amides is 2. The minimum absolute atomic E-state index is 0.155. The lowest BCUT2D eigenvalue weighted by molar-refractivity contribution is -0.246. The van der Waals surface area contributed by atoms with Crippen LogP contribution in [0.4, 0.5) is 16.2 Å². The van der Waals surface area contributed by atoms with Crippen LogP contribution in [-0.4, -0.2) is 50.1 Å². The SMILES string of the molecule is Cc1ccc(N2CCN(C(=O)c3ccccc3N(C)C(=O)[O-])CC2)cc1. The Morgan fingerprint density at radius 1 is 0.962 bits per heavy atom. The molecule has 2 amide bonds. The number of benzene rings is 2. The minimum atomic E-state index is -1.34. The topological polar surface area (TPSA) is 66.9 Å². The van der Waals surface area contributed by atoms with Crippen LogP contribution < -0.4 is 14.9 Å². The molecule has 3 rings (SSSR count). The van der Waals surface area contributed by atoms with Crippen LogP contribution >= 0.6 is 0 Å². The highest BCUT2D eigenvalue weighted by atomic mass is 16.4. The van der Waals surface area contributed by atoms with Gasteiger partial charge in [-0.2, -0.15) is 0 Å². The lowest BCUT2D eigenvalue weighted by Crippen LogP contribution is -2.49. The third kappa shape index (κ3) is 3.64. The maximum Gasteiger partial charge on any atom is 0.256 e. The molecule has 0 unspecified atom stereocenters. The molecule has 0 atom stereocenters. The fourth-order valence-electron chi connectivity index (χ4n) is 3.14. The van der Waals surface area contributed by atoms with Gasteiger partial charge in [-0.25, -0.2) is 0 Å². The van der Waals surface area contributed by atoms with E-state index in [1.807, 2.05) is 0 Å². The molecule has 0 spiro atoms. The highest BCUT2D eigenvalue weighted by Crippen LogP contribution is 2.23. The summed E-state index contributed by atoms with van der Waals surface area (Å²) in [7, 11) is 1.39. The number of para-hydroxylation sites is 1. The largest absolute Gasteiger partial charge is 0.530 e. The van der Waals surface area contributed by atoms with Crippen molar-refractivity contribution in [3.63, 3.8) is 0 Å². The van der Waals surface area contributed by atoms with E-state index in [9.17, 15) is 14.7 Å². The second kappa shape index (κ2) is 7.47. The zero-order valence-electron chi connectivity index (χ0n) is 15.0. The molecule has 2 aromatic rings. The van der Waals surface area contributed by atoms with Gasteiger partial charge in [0.05, 0.1) is 11.3 Å². The minimum Gasteiger partial charge on any atom is -0.530 e.